The Morgan fingerprint density at radius 2 is 2.00 bits per heavy atom. The van der Waals surface area contributed by atoms with Crippen LogP contribution < -0.4 is 5.32 Å². The Morgan fingerprint density at radius 1 is 1.20 bits per heavy atom. The zero-order valence-electron chi connectivity index (χ0n) is 14.6. The third-order valence-corrected chi connectivity index (χ3v) is 4.47. The molecule has 6 heteroatoms. The van der Waals surface area contributed by atoms with Crippen molar-refractivity contribution >= 4 is 5.91 Å². The summed E-state index contributed by atoms with van der Waals surface area (Å²) < 4.78 is 7.53. The number of aromatic nitrogens is 3. The maximum Gasteiger partial charge on any atom is 0.273 e. The summed E-state index contributed by atoms with van der Waals surface area (Å²) in [5, 5.41) is 10.9. The number of hydrogen-bond acceptors (Lipinski definition) is 4. The smallest absolute Gasteiger partial charge is 0.273 e. The van der Waals surface area contributed by atoms with Crippen molar-refractivity contribution in [3.8, 4) is 0 Å². The summed E-state index contributed by atoms with van der Waals surface area (Å²) >= 11 is 0. The van der Waals surface area contributed by atoms with Crippen molar-refractivity contribution in [3.63, 3.8) is 0 Å². The second kappa shape index (κ2) is 9.32. The minimum Gasteiger partial charge on any atom is -0.378 e. The highest BCUT2D eigenvalue weighted by atomic mass is 16.5. The Hall–Kier alpha value is -2.21. The molecule has 25 heavy (non-hydrogen) atoms. The number of carbonyl (C=O) groups excluding carboxylic acids is 1. The number of hydrogen-bond donors (Lipinski definition) is 1. The lowest BCUT2D eigenvalue weighted by molar-refractivity contribution is 0.0273. The molecule has 1 aromatic carbocycles. The van der Waals surface area contributed by atoms with Crippen LogP contribution in [0.5, 0.6) is 0 Å². The molecule has 1 aromatic heterocycles. The topological polar surface area (TPSA) is 69.0 Å². The van der Waals surface area contributed by atoms with Gasteiger partial charge in [0.2, 0.25) is 0 Å². The van der Waals surface area contributed by atoms with Gasteiger partial charge in [0.05, 0.1) is 18.8 Å². The van der Waals surface area contributed by atoms with Crippen molar-refractivity contribution in [3.05, 3.63) is 47.8 Å². The Labute approximate surface area is 148 Å². The van der Waals surface area contributed by atoms with Gasteiger partial charge in [0.25, 0.3) is 5.91 Å². The number of rotatable bonds is 8. The van der Waals surface area contributed by atoms with Gasteiger partial charge in [-0.1, -0.05) is 54.8 Å². The van der Waals surface area contributed by atoms with E-state index in [1.54, 1.807) is 10.9 Å². The van der Waals surface area contributed by atoms with E-state index in [9.17, 15) is 4.79 Å². The number of benzene rings is 1. The molecular weight excluding hydrogens is 316 g/mol. The highest BCUT2D eigenvalue weighted by Crippen LogP contribution is 2.20. The lowest BCUT2D eigenvalue weighted by Gasteiger charge is -2.21. The average Bonchev–Trinajstić information content (AvgIpc) is 3.11. The van der Waals surface area contributed by atoms with Crippen LogP contribution in [0.4, 0.5) is 0 Å². The first-order valence-electron chi connectivity index (χ1n) is 9.15. The predicted octanol–water partition coefficient (Wildman–Crippen LogP) is 2.80. The molecule has 0 aliphatic heterocycles. The first-order chi connectivity index (χ1) is 12.3. The first kappa shape index (κ1) is 17.6. The van der Waals surface area contributed by atoms with Crippen LogP contribution in [-0.2, 0) is 11.3 Å². The third-order valence-electron chi connectivity index (χ3n) is 4.47. The van der Waals surface area contributed by atoms with Crippen LogP contribution in [0.15, 0.2) is 36.5 Å². The quantitative estimate of drug-likeness (QED) is 0.749. The van der Waals surface area contributed by atoms with Crippen molar-refractivity contribution in [1.29, 1.82) is 0 Å². The van der Waals surface area contributed by atoms with Gasteiger partial charge in [-0.25, -0.2) is 4.68 Å². The highest BCUT2D eigenvalue weighted by molar-refractivity contribution is 5.91. The lowest BCUT2D eigenvalue weighted by atomic mass is 9.98. The van der Waals surface area contributed by atoms with Crippen LogP contribution >= 0.6 is 0 Å². The number of ether oxygens (including phenoxy) is 1. The largest absolute Gasteiger partial charge is 0.378 e. The van der Waals surface area contributed by atoms with E-state index in [0.29, 0.717) is 31.5 Å². The maximum atomic E-state index is 12.1. The van der Waals surface area contributed by atoms with Crippen LogP contribution in [0.2, 0.25) is 0 Å². The van der Waals surface area contributed by atoms with Crippen LogP contribution in [0, 0.1) is 0 Å². The molecule has 0 unspecified atom stereocenters. The lowest BCUT2D eigenvalue weighted by Crippen LogP contribution is -2.26. The van der Waals surface area contributed by atoms with Crippen molar-refractivity contribution in [2.75, 3.05) is 13.2 Å². The molecule has 1 aliphatic carbocycles. The van der Waals surface area contributed by atoms with E-state index in [-0.39, 0.29) is 5.91 Å². The SMILES string of the molecule is O=C(NCCCOC1CCCCC1)c1cn(Cc2ccccc2)nn1. The molecule has 1 amide bonds. The van der Waals surface area contributed by atoms with Crippen LogP contribution in [0.25, 0.3) is 0 Å². The molecule has 1 fully saturated rings. The second-order valence-electron chi connectivity index (χ2n) is 6.53. The van der Waals surface area contributed by atoms with Gasteiger partial charge in [0.15, 0.2) is 5.69 Å². The molecule has 1 aliphatic rings. The zero-order chi connectivity index (χ0) is 17.3. The van der Waals surface area contributed by atoms with Crippen LogP contribution in [-0.4, -0.2) is 40.2 Å². The van der Waals surface area contributed by atoms with Crippen molar-refractivity contribution in [2.45, 2.75) is 51.2 Å². The molecule has 0 spiro atoms. The van der Waals surface area contributed by atoms with Gasteiger partial charge in [-0.15, -0.1) is 5.10 Å². The molecule has 1 N–H and O–H groups in total. The van der Waals surface area contributed by atoms with E-state index in [1.807, 2.05) is 30.3 Å². The molecule has 1 saturated carbocycles. The third kappa shape index (κ3) is 5.67. The summed E-state index contributed by atoms with van der Waals surface area (Å²) in [6, 6.07) is 9.98. The summed E-state index contributed by atoms with van der Waals surface area (Å²) in [6.07, 6.45) is 9.16. The van der Waals surface area contributed by atoms with E-state index in [2.05, 4.69) is 15.6 Å². The van der Waals surface area contributed by atoms with Crippen molar-refractivity contribution < 1.29 is 9.53 Å². The molecule has 6 nitrogen and oxygen atoms in total. The Kier molecular flexibility index (Phi) is 6.56. The van der Waals surface area contributed by atoms with Crippen molar-refractivity contribution in [1.82, 2.24) is 20.3 Å². The number of nitrogens with zero attached hydrogens (tertiary/aromatic N) is 3. The molecule has 1 heterocycles. The van der Waals surface area contributed by atoms with Gasteiger partial charge in [-0.05, 0) is 24.8 Å². The Balaban J connectivity index is 1.35. The van der Waals surface area contributed by atoms with Gasteiger partial charge in [-0.2, -0.15) is 0 Å². The van der Waals surface area contributed by atoms with Gasteiger partial charge < -0.3 is 10.1 Å². The standard InChI is InChI=1S/C19H26N4O2/c24-19(20-12-7-13-25-17-10-5-2-6-11-17)18-15-23(22-21-18)14-16-8-3-1-4-9-16/h1,3-4,8-9,15,17H,2,5-7,10-14H2,(H,20,24). The van der Waals surface area contributed by atoms with E-state index < -0.39 is 0 Å². The van der Waals surface area contributed by atoms with Crippen LogP contribution in [0.1, 0.15) is 54.6 Å². The fourth-order valence-corrected chi connectivity index (χ4v) is 3.10. The molecule has 0 saturated heterocycles. The minimum atomic E-state index is -0.183. The predicted molar refractivity (Wildman–Crippen MR) is 95.3 cm³/mol. The molecule has 134 valence electrons. The fourth-order valence-electron chi connectivity index (χ4n) is 3.10. The summed E-state index contributed by atoms with van der Waals surface area (Å²) in [5.41, 5.74) is 1.48. The first-order valence-corrected chi connectivity index (χ1v) is 9.15. The molecule has 2 aromatic rings. The molecule has 0 atom stereocenters. The summed E-state index contributed by atoms with van der Waals surface area (Å²) in [5.74, 6) is -0.183. The maximum absolute atomic E-state index is 12.1. The number of nitrogens with one attached hydrogen (secondary N) is 1. The Bertz CT molecular complexity index is 650. The summed E-state index contributed by atoms with van der Waals surface area (Å²) in [7, 11) is 0. The van der Waals surface area contributed by atoms with Crippen molar-refractivity contribution in [2.24, 2.45) is 0 Å². The van der Waals surface area contributed by atoms with E-state index >= 15 is 0 Å². The van der Waals surface area contributed by atoms with Gasteiger partial charge in [0, 0.05) is 13.2 Å². The summed E-state index contributed by atoms with van der Waals surface area (Å²) in [4.78, 5) is 12.1. The highest BCUT2D eigenvalue weighted by Gasteiger charge is 2.13. The van der Waals surface area contributed by atoms with Gasteiger partial charge in [-0.3, -0.25) is 4.79 Å². The number of carbonyl (C=O) groups is 1. The molecule has 0 bridgehead atoms. The van der Waals surface area contributed by atoms with E-state index in [1.165, 1.54) is 32.1 Å². The summed E-state index contributed by atoms with van der Waals surface area (Å²) in [6.45, 7) is 1.90. The number of amides is 1. The Morgan fingerprint density at radius 3 is 2.80 bits per heavy atom. The normalized spacial score (nSPS) is 15.2. The molecule has 3 rings (SSSR count). The molecule has 0 radical (unpaired) electrons. The van der Waals surface area contributed by atoms with Gasteiger partial charge >= 0.3 is 0 Å². The zero-order valence-corrected chi connectivity index (χ0v) is 14.6. The van der Waals surface area contributed by atoms with Gasteiger partial charge in [0.1, 0.15) is 0 Å². The molecular formula is C19H26N4O2. The van der Waals surface area contributed by atoms with E-state index in [0.717, 1.165) is 12.0 Å². The van der Waals surface area contributed by atoms with E-state index in [4.69, 9.17) is 4.74 Å². The average molecular weight is 342 g/mol. The monoisotopic (exact) mass is 342 g/mol. The second-order valence-corrected chi connectivity index (χ2v) is 6.53. The minimum absolute atomic E-state index is 0.183. The fraction of sp³-hybridized carbons (Fsp3) is 0.526. The van der Waals surface area contributed by atoms with Crippen LogP contribution in [0.3, 0.4) is 0 Å².